The Morgan fingerprint density at radius 2 is 2.09 bits per heavy atom. The van der Waals surface area contributed by atoms with Gasteiger partial charge in [0.2, 0.25) is 0 Å². The van der Waals surface area contributed by atoms with Crippen molar-refractivity contribution in [2.24, 2.45) is 11.8 Å². The first-order chi connectivity index (χ1) is 10.7. The predicted octanol–water partition coefficient (Wildman–Crippen LogP) is 4.40. The molecule has 22 heavy (non-hydrogen) atoms. The van der Waals surface area contributed by atoms with Crippen LogP contribution in [-0.2, 0) is 0 Å². The van der Waals surface area contributed by atoms with Crippen LogP contribution in [0.3, 0.4) is 0 Å². The molecule has 0 spiro atoms. The van der Waals surface area contributed by atoms with Gasteiger partial charge in [0, 0.05) is 29.8 Å². The third-order valence-electron chi connectivity index (χ3n) is 5.42. The van der Waals surface area contributed by atoms with Gasteiger partial charge in [0.1, 0.15) is 0 Å². The zero-order chi connectivity index (χ0) is 15.1. The Hall–Kier alpha value is -2.10. The van der Waals surface area contributed by atoms with Crippen molar-refractivity contribution in [2.75, 3.05) is 5.32 Å². The average molecular weight is 296 g/mol. The second-order valence-corrected chi connectivity index (χ2v) is 6.60. The Balaban J connectivity index is 1.70. The third kappa shape index (κ3) is 2.14. The monoisotopic (exact) mass is 296 g/mol. The zero-order valence-corrected chi connectivity index (χ0v) is 12.4. The van der Waals surface area contributed by atoms with E-state index in [2.05, 4.69) is 29.6 Å². The van der Waals surface area contributed by atoms with Crippen molar-refractivity contribution in [3.05, 3.63) is 58.2 Å². The standard InChI is InChI=1S/C18H20N2O2/c21-20(22)13-9-10-17-16(11-13)14-7-4-8-15(14)18(19-17)12-5-2-1-3-6-12/h1-2,4,7,9-12,14-15,18-19H,3,5-6,8H2/t12-,14+,15-,18-/m1/s1. The smallest absolute Gasteiger partial charge is 0.269 e. The lowest BCUT2D eigenvalue weighted by molar-refractivity contribution is -0.384. The van der Waals surface area contributed by atoms with Crippen molar-refractivity contribution in [1.29, 1.82) is 0 Å². The van der Waals surface area contributed by atoms with Crippen molar-refractivity contribution in [1.82, 2.24) is 0 Å². The van der Waals surface area contributed by atoms with Gasteiger partial charge in [0.25, 0.3) is 5.69 Å². The molecule has 4 rings (SSSR count). The van der Waals surface area contributed by atoms with Crippen LogP contribution in [0.5, 0.6) is 0 Å². The van der Waals surface area contributed by atoms with Gasteiger partial charge in [0.15, 0.2) is 0 Å². The van der Waals surface area contributed by atoms with Gasteiger partial charge in [-0.05, 0) is 49.1 Å². The Morgan fingerprint density at radius 1 is 1.18 bits per heavy atom. The van der Waals surface area contributed by atoms with E-state index in [1.807, 2.05) is 6.07 Å². The molecule has 0 saturated heterocycles. The lowest BCUT2D eigenvalue weighted by atomic mass is 9.72. The number of non-ortho nitro benzene ring substituents is 1. The summed E-state index contributed by atoms with van der Waals surface area (Å²) in [7, 11) is 0. The van der Waals surface area contributed by atoms with E-state index in [0.29, 0.717) is 23.8 Å². The summed E-state index contributed by atoms with van der Waals surface area (Å²) in [5.41, 5.74) is 2.37. The second-order valence-electron chi connectivity index (χ2n) is 6.60. The number of fused-ring (bicyclic) bond motifs is 3. The number of nitrogens with zero attached hydrogens (tertiary/aromatic N) is 1. The molecule has 0 bridgehead atoms. The highest BCUT2D eigenvalue weighted by Crippen LogP contribution is 2.48. The first-order valence-corrected chi connectivity index (χ1v) is 8.10. The molecule has 4 atom stereocenters. The van der Waals surface area contributed by atoms with Gasteiger partial charge in [-0.3, -0.25) is 10.1 Å². The van der Waals surface area contributed by atoms with Crippen molar-refractivity contribution >= 4 is 11.4 Å². The molecule has 1 aliphatic heterocycles. The van der Waals surface area contributed by atoms with E-state index in [1.165, 1.54) is 12.8 Å². The van der Waals surface area contributed by atoms with E-state index in [1.54, 1.807) is 12.1 Å². The number of allylic oxidation sites excluding steroid dienone is 4. The number of nitrogens with one attached hydrogen (secondary N) is 1. The largest absolute Gasteiger partial charge is 0.381 e. The van der Waals surface area contributed by atoms with Crippen LogP contribution in [0.1, 0.15) is 37.2 Å². The Morgan fingerprint density at radius 3 is 2.86 bits per heavy atom. The first-order valence-electron chi connectivity index (χ1n) is 8.10. The summed E-state index contributed by atoms with van der Waals surface area (Å²) in [6.45, 7) is 0. The summed E-state index contributed by atoms with van der Waals surface area (Å²) in [5, 5.41) is 14.8. The van der Waals surface area contributed by atoms with Gasteiger partial charge in [-0.15, -0.1) is 0 Å². The summed E-state index contributed by atoms with van der Waals surface area (Å²) < 4.78 is 0. The number of anilines is 1. The Labute approximate surface area is 130 Å². The van der Waals surface area contributed by atoms with E-state index in [-0.39, 0.29) is 10.6 Å². The quantitative estimate of drug-likeness (QED) is 0.500. The second kappa shape index (κ2) is 5.27. The van der Waals surface area contributed by atoms with E-state index in [4.69, 9.17) is 0 Å². The lowest BCUT2D eigenvalue weighted by Crippen LogP contribution is -2.41. The summed E-state index contributed by atoms with van der Waals surface area (Å²) in [6, 6.07) is 5.73. The van der Waals surface area contributed by atoms with Crippen molar-refractivity contribution in [3.63, 3.8) is 0 Å². The molecular formula is C18H20N2O2. The normalized spacial score (nSPS) is 32.2. The van der Waals surface area contributed by atoms with Crippen LogP contribution in [0.2, 0.25) is 0 Å². The average Bonchev–Trinajstić information content (AvgIpc) is 3.04. The number of benzene rings is 1. The number of nitro groups is 1. The molecule has 0 unspecified atom stereocenters. The highest BCUT2D eigenvalue weighted by Gasteiger charge is 2.40. The van der Waals surface area contributed by atoms with E-state index < -0.39 is 0 Å². The molecule has 0 fully saturated rings. The molecule has 2 aliphatic carbocycles. The van der Waals surface area contributed by atoms with Crippen molar-refractivity contribution in [3.8, 4) is 0 Å². The molecule has 0 amide bonds. The molecule has 0 aromatic heterocycles. The van der Waals surface area contributed by atoms with Gasteiger partial charge in [-0.25, -0.2) is 0 Å². The third-order valence-corrected chi connectivity index (χ3v) is 5.42. The Bertz CT molecular complexity index is 665. The van der Waals surface area contributed by atoms with Gasteiger partial charge in [0.05, 0.1) is 4.92 Å². The lowest BCUT2D eigenvalue weighted by Gasteiger charge is -2.41. The zero-order valence-electron chi connectivity index (χ0n) is 12.4. The molecule has 1 heterocycles. The van der Waals surface area contributed by atoms with Crippen LogP contribution in [0.4, 0.5) is 11.4 Å². The van der Waals surface area contributed by atoms with Gasteiger partial charge < -0.3 is 5.32 Å². The van der Waals surface area contributed by atoms with E-state index >= 15 is 0 Å². The number of rotatable bonds is 2. The maximum absolute atomic E-state index is 11.1. The van der Waals surface area contributed by atoms with Crippen LogP contribution in [0, 0.1) is 22.0 Å². The predicted molar refractivity (Wildman–Crippen MR) is 87.0 cm³/mol. The van der Waals surface area contributed by atoms with Crippen LogP contribution < -0.4 is 5.32 Å². The minimum Gasteiger partial charge on any atom is -0.381 e. The summed E-state index contributed by atoms with van der Waals surface area (Å²) in [4.78, 5) is 10.8. The van der Waals surface area contributed by atoms with Crippen molar-refractivity contribution < 1.29 is 4.92 Å². The van der Waals surface area contributed by atoms with Gasteiger partial charge in [-0.1, -0.05) is 24.3 Å². The molecule has 0 radical (unpaired) electrons. The Kier molecular flexibility index (Phi) is 3.25. The highest BCUT2D eigenvalue weighted by molar-refractivity contribution is 5.62. The molecular weight excluding hydrogens is 276 g/mol. The summed E-state index contributed by atoms with van der Waals surface area (Å²) in [5.74, 6) is 1.53. The van der Waals surface area contributed by atoms with Crippen molar-refractivity contribution in [2.45, 2.75) is 37.6 Å². The number of hydrogen-bond acceptors (Lipinski definition) is 3. The van der Waals surface area contributed by atoms with Crippen LogP contribution >= 0.6 is 0 Å². The molecule has 0 saturated carbocycles. The summed E-state index contributed by atoms with van der Waals surface area (Å²) in [6.07, 6.45) is 13.7. The number of hydrogen-bond donors (Lipinski definition) is 1. The maximum Gasteiger partial charge on any atom is 0.269 e. The minimum absolute atomic E-state index is 0.193. The molecule has 1 aromatic carbocycles. The van der Waals surface area contributed by atoms with Crippen LogP contribution in [-0.4, -0.2) is 11.0 Å². The SMILES string of the molecule is O=[N+]([O-])c1ccc2c(c1)[C@H]1C=CC[C@H]1[C@@H]([C@@H]1CC=CCC1)N2. The topological polar surface area (TPSA) is 55.2 Å². The van der Waals surface area contributed by atoms with E-state index in [9.17, 15) is 10.1 Å². The van der Waals surface area contributed by atoms with E-state index in [0.717, 1.165) is 24.1 Å². The molecule has 1 aromatic rings. The summed E-state index contributed by atoms with van der Waals surface area (Å²) >= 11 is 0. The molecule has 114 valence electrons. The minimum atomic E-state index is -0.300. The van der Waals surface area contributed by atoms with Gasteiger partial charge >= 0.3 is 0 Å². The maximum atomic E-state index is 11.1. The van der Waals surface area contributed by atoms with Gasteiger partial charge in [-0.2, -0.15) is 0 Å². The fraction of sp³-hybridized carbons (Fsp3) is 0.444. The highest BCUT2D eigenvalue weighted by atomic mass is 16.6. The van der Waals surface area contributed by atoms with Crippen LogP contribution in [0.15, 0.2) is 42.5 Å². The molecule has 4 nitrogen and oxygen atoms in total. The fourth-order valence-corrected chi connectivity index (χ4v) is 4.34. The molecule has 3 aliphatic rings. The molecule has 1 N–H and O–H groups in total. The van der Waals surface area contributed by atoms with Crippen LogP contribution in [0.25, 0.3) is 0 Å². The molecule has 4 heteroatoms. The number of nitro benzene ring substituents is 1. The fourth-order valence-electron chi connectivity index (χ4n) is 4.34. The first kappa shape index (κ1) is 13.6.